The summed E-state index contributed by atoms with van der Waals surface area (Å²) in [6.07, 6.45) is 1.88. The number of hydrogen-bond donors (Lipinski definition) is 2. The second-order valence-electron chi connectivity index (χ2n) is 5.11. The van der Waals surface area contributed by atoms with Gasteiger partial charge in [0.25, 0.3) is 11.6 Å². The van der Waals surface area contributed by atoms with Crippen molar-refractivity contribution < 1.29 is 9.72 Å². The third-order valence-electron chi connectivity index (χ3n) is 3.42. The summed E-state index contributed by atoms with van der Waals surface area (Å²) in [5.74, 6) is -0.440. The summed E-state index contributed by atoms with van der Waals surface area (Å²) in [5, 5.41) is 13.8. The predicted octanol–water partition coefficient (Wildman–Crippen LogP) is 1.00. The number of nitrogens with two attached hydrogens (primary N) is 1. The highest BCUT2D eigenvalue weighted by atomic mass is 16.6. The number of likely N-dealkylation sites (N-methyl/N-ethyl adjacent to an activating group) is 1. The van der Waals surface area contributed by atoms with Gasteiger partial charge in [0.2, 0.25) is 0 Å². The van der Waals surface area contributed by atoms with Crippen molar-refractivity contribution >= 4 is 17.3 Å². The largest absolute Gasteiger partial charge is 0.399 e. The minimum absolute atomic E-state index is 0.0160. The van der Waals surface area contributed by atoms with Crippen molar-refractivity contribution in [2.24, 2.45) is 0 Å². The molecule has 2 rings (SSSR count). The van der Waals surface area contributed by atoms with Crippen molar-refractivity contribution in [3.63, 3.8) is 0 Å². The number of carbonyl (C=O) groups is 1. The molecule has 0 saturated carbocycles. The number of piperidine rings is 1. The summed E-state index contributed by atoms with van der Waals surface area (Å²) in [6.45, 7) is 1.76. The van der Waals surface area contributed by atoms with Crippen LogP contribution in [0.3, 0.4) is 0 Å². The number of amides is 1. The number of carbonyl (C=O) groups excluding carboxylic acids is 1. The SMILES string of the molecule is CN1CCCC(NC(=O)c2cc(N)ccc2[N+](=O)[O-])C1. The highest BCUT2D eigenvalue weighted by molar-refractivity contribution is 5.99. The van der Waals surface area contributed by atoms with E-state index in [1.807, 2.05) is 7.05 Å². The molecule has 1 aliphatic heterocycles. The van der Waals surface area contributed by atoms with Gasteiger partial charge in [-0.05, 0) is 38.6 Å². The number of nitro benzene ring substituents is 1. The van der Waals surface area contributed by atoms with Gasteiger partial charge in [0, 0.05) is 24.3 Å². The average Bonchev–Trinajstić information content (AvgIpc) is 2.38. The van der Waals surface area contributed by atoms with Crippen molar-refractivity contribution in [1.82, 2.24) is 10.2 Å². The normalized spacial score (nSPS) is 19.6. The number of nitro groups is 1. The van der Waals surface area contributed by atoms with Crippen LogP contribution in [0.4, 0.5) is 11.4 Å². The molecule has 3 N–H and O–H groups in total. The zero-order chi connectivity index (χ0) is 14.7. The number of likely N-dealkylation sites (tertiary alicyclic amines) is 1. The Morgan fingerprint density at radius 1 is 1.55 bits per heavy atom. The van der Waals surface area contributed by atoms with E-state index in [1.165, 1.54) is 18.2 Å². The number of nitrogens with zero attached hydrogens (tertiary/aromatic N) is 2. The molecule has 1 aliphatic rings. The molecule has 1 amide bonds. The lowest BCUT2D eigenvalue weighted by molar-refractivity contribution is -0.385. The molecule has 1 saturated heterocycles. The Bertz CT molecular complexity index is 532. The van der Waals surface area contributed by atoms with Gasteiger partial charge >= 0.3 is 0 Å². The number of nitrogen functional groups attached to an aromatic ring is 1. The molecule has 108 valence electrons. The topological polar surface area (TPSA) is 102 Å². The van der Waals surface area contributed by atoms with Crippen LogP contribution in [0.1, 0.15) is 23.2 Å². The molecule has 1 aromatic carbocycles. The first-order valence-electron chi connectivity index (χ1n) is 6.50. The van der Waals surface area contributed by atoms with E-state index in [0.29, 0.717) is 5.69 Å². The van der Waals surface area contributed by atoms with Crippen LogP contribution in [0.5, 0.6) is 0 Å². The zero-order valence-corrected chi connectivity index (χ0v) is 11.3. The lowest BCUT2D eigenvalue weighted by atomic mass is 10.1. The molecule has 1 unspecified atom stereocenters. The molecule has 7 heteroatoms. The number of anilines is 1. The summed E-state index contributed by atoms with van der Waals surface area (Å²) < 4.78 is 0. The Balaban J connectivity index is 2.16. The van der Waals surface area contributed by atoms with Crippen LogP contribution >= 0.6 is 0 Å². The van der Waals surface area contributed by atoms with E-state index < -0.39 is 10.8 Å². The van der Waals surface area contributed by atoms with Crippen molar-refractivity contribution in [3.8, 4) is 0 Å². The number of nitrogens with one attached hydrogen (secondary N) is 1. The number of hydrogen-bond acceptors (Lipinski definition) is 5. The summed E-state index contributed by atoms with van der Waals surface area (Å²) >= 11 is 0. The van der Waals surface area contributed by atoms with E-state index in [0.717, 1.165) is 25.9 Å². The summed E-state index contributed by atoms with van der Waals surface area (Å²) in [6, 6.07) is 4.04. The molecular formula is C13H18N4O3. The van der Waals surface area contributed by atoms with Crippen molar-refractivity contribution in [2.45, 2.75) is 18.9 Å². The molecule has 0 radical (unpaired) electrons. The number of benzene rings is 1. The standard InChI is InChI=1S/C13H18N4O3/c1-16-6-2-3-10(8-16)15-13(18)11-7-9(14)4-5-12(11)17(19)20/h4-5,7,10H,2-3,6,8,14H2,1H3,(H,15,18). The van der Waals surface area contributed by atoms with Crippen LogP contribution < -0.4 is 11.1 Å². The molecule has 1 atom stereocenters. The summed E-state index contributed by atoms with van der Waals surface area (Å²) in [4.78, 5) is 24.7. The zero-order valence-electron chi connectivity index (χ0n) is 11.3. The highest BCUT2D eigenvalue weighted by Gasteiger charge is 2.24. The lowest BCUT2D eigenvalue weighted by Crippen LogP contribution is -2.46. The first-order valence-corrected chi connectivity index (χ1v) is 6.50. The minimum atomic E-state index is -0.568. The van der Waals surface area contributed by atoms with Gasteiger partial charge in [0.1, 0.15) is 5.56 Å². The maximum Gasteiger partial charge on any atom is 0.282 e. The third-order valence-corrected chi connectivity index (χ3v) is 3.42. The van der Waals surface area contributed by atoms with Gasteiger partial charge in [-0.1, -0.05) is 0 Å². The molecule has 20 heavy (non-hydrogen) atoms. The summed E-state index contributed by atoms with van der Waals surface area (Å²) in [5.41, 5.74) is 5.74. The predicted molar refractivity (Wildman–Crippen MR) is 75.5 cm³/mol. The molecular weight excluding hydrogens is 260 g/mol. The molecule has 1 aromatic rings. The maximum atomic E-state index is 12.2. The smallest absolute Gasteiger partial charge is 0.282 e. The van der Waals surface area contributed by atoms with Gasteiger partial charge in [-0.2, -0.15) is 0 Å². The Kier molecular flexibility index (Phi) is 4.19. The van der Waals surface area contributed by atoms with Crippen LogP contribution in [-0.2, 0) is 0 Å². The van der Waals surface area contributed by atoms with Gasteiger partial charge in [-0.3, -0.25) is 14.9 Å². The number of rotatable bonds is 3. The Morgan fingerprint density at radius 3 is 2.95 bits per heavy atom. The van der Waals surface area contributed by atoms with Crippen LogP contribution in [0.15, 0.2) is 18.2 Å². The lowest BCUT2D eigenvalue weighted by Gasteiger charge is -2.30. The second-order valence-corrected chi connectivity index (χ2v) is 5.11. The average molecular weight is 278 g/mol. The maximum absolute atomic E-state index is 12.2. The van der Waals surface area contributed by atoms with E-state index in [1.54, 1.807) is 0 Å². The van der Waals surface area contributed by atoms with Gasteiger partial charge < -0.3 is 16.0 Å². The van der Waals surface area contributed by atoms with Gasteiger partial charge in [0.15, 0.2) is 0 Å². The fourth-order valence-corrected chi connectivity index (χ4v) is 2.44. The van der Waals surface area contributed by atoms with Crippen molar-refractivity contribution in [3.05, 3.63) is 33.9 Å². The van der Waals surface area contributed by atoms with Gasteiger partial charge in [-0.25, -0.2) is 0 Å². The van der Waals surface area contributed by atoms with Crippen LogP contribution in [0.25, 0.3) is 0 Å². The fraction of sp³-hybridized carbons (Fsp3) is 0.462. The van der Waals surface area contributed by atoms with E-state index >= 15 is 0 Å². The molecule has 0 aliphatic carbocycles. The van der Waals surface area contributed by atoms with Gasteiger partial charge in [-0.15, -0.1) is 0 Å². The van der Waals surface area contributed by atoms with Crippen LogP contribution in [0, 0.1) is 10.1 Å². The highest BCUT2D eigenvalue weighted by Crippen LogP contribution is 2.21. The Morgan fingerprint density at radius 2 is 2.30 bits per heavy atom. The monoisotopic (exact) mass is 278 g/mol. The van der Waals surface area contributed by atoms with Crippen molar-refractivity contribution in [1.29, 1.82) is 0 Å². The minimum Gasteiger partial charge on any atom is -0.399 e. The van der Waals surface area contributed by atoms with Gasteiger partial charge in [0.05, 0.1) is 4.92 Å². The first-order chi connectivity index (χ1) is 9.47. The molecule has 0 aromatic heterocycles. The summed E-state index contributed by atoms with van der Waals surface area (Å²) in [7, 11) is 1.99. The molecule has 7 nitrogen and oxygen atoms in total. The second kappa shape index (κ2) is 5.87. The quantitative estimate of drug-likeness (QED) is 0.488. The van der Waals surface area contributed by atoms with Crippen molar-refractivity contribution in [2.75, 3.05) is 25.9 Å². The molecule has 1 heterocycles. The Hall–Kier alpha value is -2.15. The van der Waals surface area contributed by atoms with Crippen LogP contribution in [-0.4, -0.2) is 41.9 Å². The van der Waals surface area contributed by atoms with E-state index in [9.17, 15) is 14.9 Å². The van der Waals surface area contributed by atoms with Crippen LogP contribution in [0.2, 0.25) is 0 Å². The molecule has 0 bridgehead atoms. The Labute approximate surface area is 116 Å². The molecule has 1 fully saturated rings. The fourth-order valence-electron chi connectivity index (χ4n) is 2.44. The molecule has 0 spiro atoms. The van der Waals surface area contributed by atoms with E-state index in [-0.39, 0.29) is 17.3 Å². The van der Waals surface area contributed by atoms with E-state index in [4.69, 9.17) is 5.73 Å². The first kappa shape index (κ1) is 14.3. The third kappa shape index (κ3) is 3.24. The van der Waals surface area contributed by atoms with E-state index in [2.05, 4.69) is 10.2 Å².